The van der Waals surface area contributed by atoms with Gasteiger partial charge in [-0.3, -0.25) is 9.98 Å². The van der Waals surface area contributed by atoms with Gasteiger partial charge in [-0.15, -0.1) is 0 Å². The Labute approximate surface area is 111 Å². The van der Waals surface area contributed by atoms with Crippen LogP contribution in [-0.2, 0) is 0 Å². The lowest BCUT2D eigenvalue weighted by Crippen LogP contribution is -1.94. The maximum Gasteiger partial charge on any atom is 0.120 e. The molecule has 0 fully saturated rings. The molecule has 1 heterocycles. The lowest BCUT2D eigenvalue weighted by atomic mass is 10.2. The second-order valence-corrected chi connectivity index (χ2v) is 3.76. The molecule has 0 saturated heterocycles. The standard InChI is InChI=1S/C14H12N4O/c1-19-12-3-2-10(13(16)6-12)9-18-14-4-5-17-8-11(14)7-15/h2-6,8-9H,16H2,1H3. The van der Waals surface area contributed by atoms with E-state index in [1.54, 1.807) is 37.7 Å². The highest BCUT2D eigenvalue weighted by atomic mass is 16.5. The van der Waals surface area contributed by atoms with Gasteiger partial charge in [-0.1, -0.05) is 0 Å². The minimum atomic E-state index is 0.422. The van der Waals surface area contributed by atoms with E-state index in [0.717, 1.165) is 5.56 Å². The van der Waals surface area contributed by atoms with E-state index in [1.807, 2.05) is 12.1 Å². The fraction of sp³-hybridized carbons (Fsp3) is 0.0714. The molecular weight excluding hydrogens is 240 g/mol. The molecule has 0 radical (unpaired) electrons. The number of rotatable bonds is 3. The van der Waals surface area contributed by atoms with Crippen LogP contribution in [0.1, 0.15) is 11.1 Å². The molecule has 1 aromatic carbocycles. The summed E-state index contributed by atoms with van der Waals surface area (Å²) in [6, 6.07) is 9.05. The number of methoxy groups -OCH3 is 1. The van der Waals surface area contributed by atoms with Crippen LogP contribution in [0.15, 0.2) is 41.7 Å². The minimum Gasteiger partial charge on any atom is -0.497 e. The van der Waals surface area contributed by atoms with E-state index in [2.05, 4.69) is 9.98 Å². The van der Waals surface area contributed by atoms with Gasteiger partial charge < -0.3 is 10.5 Å². The third-order valence-electron chi connectivity index (χ3n) is 2.56. The Kier molecular flexibility index (Phi) is 3.74. The number of nitrogens with zero attached hydrogens (tertiary/aromatic N) is 3. The first kappa shape index (κ1) is 12.6. The SMILES string of the molecule is COc1ccc(C=Nc2ccncc2C#N)c(N)c1. The smallest absolute Gasteiger partial charge is 0.120 e. The third-order valence-corrected chi connectivity index (χ3v) is 2.56. The highest BCUT2D eigenvalue weighted by molar-refractivity contribution is 5.89. The average molecular weight is 252 g/mol. The zero-order chi connectivity index (χ0) is 13.7. The van der Waals surface area contributed by atoms with E-state index in [1.165, 1.54) is 6.20 Å². The molecule has 0 unspecified atom stereocenters. The Balaban J connectivity index is 2.31. The molecule has 0 bridgehead atoms. The summed E-state index contributed by atoms with van der Waals surface area (Å²) in [5.74, 6) is 0.691. The molecule has 5 nitrogen and oxygen atoms in total. The van der Waals surface area contributed by atoms with Crippen LogP contribution in [0.25, 0.3) is 0 Å². The first-order chi connectivity index (χ1) is 9.24. The van der Waals surface area contributed by atoms with E-state index >= 15 is 0 Å². The van der Waals surface area contributed by atoms with Gasteiger partial charge in [0.1, 0.15) is 11.8 Å². The van der Waals surface area contributed by atoms with Crippen molar-refractivity contribution in [2.75, 3.05) is 12.8 Å². The number of aromatic nitrogens is 1. The zero-order valence-corrected chi connectivity index (χ0v) is 10.4. The van der Waals surface area contributed by atoms with Gasteiger partial charge in [0.15, 0.2) is 0 Å². The van der Waals surface area contributed by atoms with Gasteiger partial charge in [-0.2, -0.15) is 5.26 Å². The lowest BCUT2D eigenvalue weighted by Gasteiger charge is -2.03. The first-order valence-electron chi connectivity index (χ1n) is 5.56. The zero-order valence-electron chi connectivity index (χ0n) is 10.4. The second-order valence-electron chi connectivity index (χ2n) is 3.76. The molecule has 0 atom stereocenters. The number of nitrogen functional groups attached to an aromatic ring is 1. The van der Waals surface area contributed by atoms with Crippen molar-refractivity contribution in [2.45, 2.75) is 0 Å². The molecule has 0 amide bonds. The summed E-state index contributed by atoms with van der Waals surface area (Å²) >= 11 is 0. The second kappa shape index (κ2) is 5.65. The molecule has 0 aliphatic heterocycles. The quantitative estimate of drug-likeness (QED) is 0.671. The van der Waals surface area contributed by atoms with E-state index in [9.17, 15) is 0 Å². The average Bonchev–Trinajstić information content (AvgIpc) is 2.46. The van der Waals surface area contributed by atoms with E-state index in [-0.39, 0.29) is 0 Å². The monoisotopic (exact) mass is 252 g/mol. The number of ether oxygens (including phenoxy) is 1. The van der Waals surface area contributed by atoms with Crippen LogP contribution in [0, 0.1) is 11.3 Å². The number of aliphatic imine (C=N–C) groups is 1. The summed E-state index contributed by atoms with van der Waals surface area (Å²) in [4.78, 5) is 8.13. The molecule has 0 spiro atoms. The molecule has 94 valence electrons. The number of hydrogen-bond acceptors (Lipinski definition) is 5. The van der Waals surface area contributed by atoms with Crippen LogP contribution in [0.2, 0.25) is 0 Å². The molecular formula is C14H12N4O. The van der Waals surface area contributed by atoms with Crippen molar-refractivity contribution >= 4 is 17.6 Å². The molecule has 0 aliphatic rings. The molecule has 2 rings (SSSR count). The largest absolute Gasteiger partial charge is 0.497 e. The highest BCUT2D eigenvalue weighted by Crippen LogP contribution is 2.20. The van der Waals surface area contributed by atoms with E-state index in [4.69, 9.17) is 15.7 Å². The Bertz CT molecular complexity index is 659. The molecule has 2 aromatic rings. The normalized spacial score (nSPS) is 10.3. The number of hydrogen-bond donors (Lipinski definition) is 1. The van der Waals surface area contributed by atoms with Crippen molar-refractivity contribution in [3.05, 3.63) is 47.8 Å². The Morgan fingerprint density at radius 3 is 2.95 bits per heavy atom. The topological polar surface area (TPSA) is 84.3 Å². The van der Waals surface area contributed by atoms with E-state index in [0.29, 0.717) is 22.7 Å². The molecule has 1 aromatic heterocycles. The van der Waals surface area contributed by atoms with Gasteiger partial charge in [-0.25, -0.2) is 0 Å². The molecule has 0 saturated carbocycles. The maximum atomic E-state index is 8.93. The fourth-order valence-corrected chi connectivity index (χ4v) is 1.52. The van der Waals surface area contributed by atoms with Crippen LogP contribution in [0.4, 0.5) is 11.4 Å². The summed E-state index contributed by atoms with van der Waals surface area (Å²) in [5, 5.41) is 8.93. The van der Waals surface area contributed by atoms with E-state index < -0.39 is 0 Å². The Morgan fingerprint density at radius 1 is 1.42 bits per heavy atom. The number of anilines is 1. The highest BCUT2D eigenvalue weighted by Gasteiger charge is 2.01. The van der Waals surface area contributed by atoms with Crippen molar-refractivity contribution < 1.29 is 4.74 Å². The van der Waals surface area contributed by atoms with Crippen molar-refractivity contribution in [3.8, 4) is 11.8 Å². The summed E-state index contributed by atoms with van der Waals surface area (Å²) in [7, 11) is 1.58. The molecule has 19 heavy (non-hydrogen) atoms. The van der Waals surface area contributed by atoms with Crippen LogP contribution in [0.5, 0.6) is 5.75 Å². The molecule has 5 heteroatoms. The van der Waals surface area contributed by atoms with Gasteiger partial charge >= 0.3 is 0 Å². The van der Waals surface area contributed by atoms with Crippen LogP contribution < -0.4 is 10.5 Å². The number of nitriles is 1. The first-order valence-corrected chi connectivity index (χ1v) is 5.56. The predicted molar refractivity (Wildman–Crippen MR) is 73.6 cm³/mol. The third kappa shape index (κ3) is 2.87. The van der Waals surface area contributed by atoms with Crippen LogP contribution in [-0.4, -0.2) is 18.3 Å². The van der Waals surface area contributed by atoms with Crippen LogP contribution in [0.3, 0.4) is 0 Å². The minimum absolute atomic E-state index is 0.422. The Hall–Kier alpha value is -2.87. The van der Waals surface area contributed by atoms with Crippen molar-refractivity contribution in [1.82, 2.24) is 4.98 Å². The Morgan fingerprint density at radius 2 is 2.26 bits per heavy atom. The summed E-state index contributed by atoms with van der Waals surface area (Å²) in [5.41, 5.74) is 8.20. The van der Waals surface area contributed by atoms with Crippen molar-refractivity contribution in [3.63, 3.8) is 0 Å². The maximum absolute atomic E-state index is 8.93. The van der Waals surface area contributed by atoms with Gasteiger partial charge in [0.25, 0.3) is 0 Å². The summed E-state index contributed by atoms with van der Waals surface area (Å²) < 4.78 is 5.07. The van der Waals surface area contributed by atoms with Gasteiger partial charge in [0.05, 0.1) is 18.4 Å². The fourth-order valence-electron chi connectivity index (χ4n) is 1.52. The van der Waals surface area contributed by atoms with Crippen LogP contribution >= 0.6 is 0 Å². The predicted octanol–water partition coefficient (Wildman–Crippen LogP) is 2.29. The van der Waals surface area contributed by atoms with Crippen molar-refractivity contribution in [2.24, 2.45) is 4.99 Å². The van der Waals surface area contributed by atoms with Gasteiger partial charge in [0, 0.05) is 35.9 Å². The summed E-state index contributed by atoms with van der Waals surface area (Å²) in [6.45, 7) is 0. The number of pyridine rings is 1. The number of benzene rings is 1. The van der Waals surface area contributed by atoms with Gasteiger partial charge in [0.2, 0.25) is 0 Å². The number of nitrogens with two attached hydrogens (primary N) is 1. The molecule has 0 aliphatic carbocycles. The molecule has 2 N–H and O–H groups in total. The lowest BCUT2D eigenvalue weighted by molar-refractivity contribution is 0.415. The van der Waals surface area contributed by atoms with Crippen molar-refractivity contribution in [1.29, 1.82) is 5.26 Å². The van der Waals surface area contributed by atoms with Gasteiger partial charge in [-0.05, 0) is 18.2 Å². The summed E-state index contributed by atoms with van der Waals surface area (Å²) in [6.07, 6.45) is 4.68.